The average molecular weight is 547 g/mol. The first kappa shape index (κ1) is 23.6. The van der Waals surface area contributed by atoms with Gasteiger partial charge in [-0.3, -0.25) is 9.59 Å². The van der Waals surface area contributed by atoms with Gasteiger partial charge in [0, 0.05) is 18.1 Å². The maximum absolute atomic E-state index is 12.2. The summed E-state index contributed by atoms with van der Waals surface area (Å²) in [6.07, 6.45) is 0. The number of carbonyl (C=O) groups is 2. The molecule has 168 valence electrons. The lowest BCUT2D eigenvalue weighted by Gasteiger charge is -2.07. The molecule has 0 fully saturated rings. The van der Waals surface area contributed by atoms with Crippen molar-refractivity contribution >= 4 is 56.8 Å². The summed E-state index contributed by atoms with van der Waals surface area (Å²) in [6.45, 7) is 1.78. The van der Waals surface area contributed by atoms with E-state index in [4.69, 9.17) is 27.7 Å². The third-order valence-corrected chi connectivity index (χ3v) is 5.61. The standard InChI is InChI=1S/C17H14BrCl2N7O5/c1-8-13(18)14(27(30)31)24-26(8)7-12-23-17(32-25-12)16(29)22-5-4-21-15(28)10-6-9(19)2-3-11(10)20/h2-3,6H,4-5,7H2,1H3,(H,21,28)(H,22,29). The van der Waals surface area contributed by atoms with Crippen molar-refractivity contribution in [1.29, 1.82) is 0 Å². The largest absolute Gasteiger partial charge is 0.404 e. The number of amides is 2. The van der Waals surface area contributed by atoms with E-state index in [-0.39, 0.29) is 52.2 Å². The molecule has 0 saturated carbocycles. The first-order valence-electron chi connectivity index (χ1n) is 8.88. The van der Waals surface area contributed by atoms with Crippen molar-refractivity contribution in [2.45, 2.75) is 13.5 Å². The summed E-state index contributed by atoms with van der Waals surface area (Å²) >= 11 is 14.9. The lowest BCUT2D eigenvalue weighted by atomic mass is 10.2. The van der Waals surface area contributed by atoms with Crippen molar-refractivity contribution in [2.75, 3.05) is 13.1 Å². The van der Waals surface area contributed by atoms with E-state index in [1.165, 1.54) is 16.8 Å². The number of rotatable bonds is 8. The van der Waals surface area contributed by atoms with Gasteiger partial charge in [-0.05, 0) is 46.0 Å². The van der Waals surface area contributed by atoms with E-state index in [0.29, 0.717) is 10.7 Å². The van der Waals surface area contributed by atoms with Crippen LogP contribution in [0.25, 0.3) is 0 Å². The Morgan fingerprint density at radius 2 is 1.94 bits per heavy atom. The van der Waals surface area contributed by atoms with Crippen molar-refractivity contribution in [3.63, 3.8) is 0 Å². The summed E-state index contributed by atoms with van der Waals surface area (Å²) in [5.41, 5.74) is 0.705. The predicted molar refractivity (Wildman–Crippen MR) is 116 cm³/mol. The van der Waals surface area contributed by atoms with Gasteiger partial charge in [-0.1, -0.05) is 28.4 Å². The van der Waals surface area contributed by atoms with E-state index in [2.05, 4.69) is 41.8 Å². The van der Waals surface area contributed by atoms with Crippen LogP contribution in [0.3, 0.4) is 0 Å². The van der Waals surface area contributed by atoms with Crippen LogP contribution in [0, 0.1) is 17.0 Å². The quantitative estimate of drug-likeness (QED) is 0.248. The number of nitrogens with zero attached hydrogens (tertiary/aromatic N) is 5. The monoisotopic (exact) mass is 545 g/mol. The topological polar surface area (TPSA) is 158 Å². The third kappa shape index (κ3) is 5.41. The molecule has 2 N–H and O–H groups in total. The second-order valence-corrected chi connectivity index (χ2v) is 7.93. The summed E-state index contributed by atoms with van der Waals surface area (Å²) < 4.78 is 6.47. The van der Waals surface area contributed by atoms with Gasteiger partial charge < -0.3 is 25.3 Å². The number of benzene rings is 1. The summed E-state index contributed by atoms with van der Waals surface area (Å²) in [7, 11) is 0. The first-order valence-corrected chi connectivity index (χ1v) is 10.4. The zero-order valence-electron chi connectivity index (χ0n) is 16.3. The molecule has 0 atom stereocenters. The molecule has 0 radical (unpaired) electrons. The molecule has 1 aromatic carbocycles. The van der Waals surface area contributed by atoms with E-state index >= 15 is 0 Å². The minimum absolute atomic E-state index is 0.0362. The molecule has 3 aromatic rings. The van der Waals surface area contributed by atoms with Gasteiger partial charge >= 0.3 is 17.6 Å². The number of nitrogens with one attached hydrogen (secondary N) is 2. The Morgan fingerprint density at radius 1 is 1.25 bits per heavy atom. The van der Waals surface area contributed by atoms with E-state index in [1.807, 2.05) is 0 Å². The van der Waals surface area contributed by atoms with Crippen molar-refractivity contribution in [3.8, 4) is 0 Å². The molecule has 2 amide bonds. The van der Waals surface area contributed by atoms with Crippen LogP contribution in [-0.2, 0) is 6.54 Å². The summed E-state index contributed by atoms with van der Waals surface area (Å²) in [5, 5.41) is 24.3. The van der Waals surface area contributed by atoms with Crippen LogP contribution in [0.2, 0.25) is 10.0 Å². The van der Waals surface area contributed by atoms with E-state index in [1.54, 1.807) is 13.0 Å². The van der Waals surface area contributed by atoms with Crippen molar-refractivity contribution in [2.24, 2.45) is 0 Å². The normalized spacial score (nSPS) is 10.8. The Balaban J connectivity index is 1.52. The fourth-order valence-electron chi connectivity index (χ4n) is 2.52. The maximum Gasteiger partial charge on any atom is 0.404 e. The van der Waals surface area contributed by atoms with Gasteiger partial charge in [0.05, 0.1) is 21.4 Å². The van der Waals surface area contributed by atoms with Crippen molar-refractivity contribution < 1.29 is 19.0 Å². The second kappa shape index (κ2) is 10.1. The van der Waals surface area contributed by atoms with Crippen LogP contribution in [0.5, 0.6) is 0 Å². The summed E-state index contributed by atoms with van der Waals surface area (Å²) in [5.74, 6) is -1.63. The highest BCUT2D eigenvalue weighted by Crippen LogP contribution is 2.27. The highest BCUT2D eigenvalue weighted by molar-refractivity contribution is 9.10. The fraction of sp³-hybridized carbons (Fsp3) is 0.235. The number of hydrogen-bond donors (Lipinski definition) is 2. The highest BCUT2D eigenvalue weighted by atomic mass is 79.9. The van der Waals surface area contributed by atoms with Gasteiger partial charge in [0.1, 0.15) is 11.0 Å². The molecule has 15 heteroatoms. The van der Waals surface area contributed by atoms with Crippen LogP contribution in [-0.4, -0.2) is 49.7 Å². The van der Waals surface area contributed by atoms with Crippen LogP contribution >= 0.6 is 39.1 Å². The lowest BCUT2D eigenvalue weighted by Crippen LogP contribution is -2.35. The predicted octanol–water partition coefficient (Wildman–Crippen LogP) is 2.76. The molecule has 3 rings (SSSR count). The second-order valence-electron chi connectivity index (χ2n) is 6.29. The minimum atomic E-state index is -0.650. The molecule has 32 heavy (non-hydrogen) atoms. The number of aromatic nitrogens is 4. The fourth-order valence-corrected chi connectivity index (χ4v) is 3.32. The number of carbonyl (C=O) groups excluding carboxylic acids is 2. The molecule has 0 unspecified atom stereocenters. The van der Waals surface area contributed by atoms with E-state index in [9.17, 15) is 19.7 Å². The van der Waals surface area contributed by atoms with Crippen LogP contribution in [0.4, 0.5) is 5.82 Å². The Morgan fingerprint density at radius 3 is 2.59 bits per heavy atom. The van der Waals surface area contributed by atoms with Crippen molar-refractivity contribution in [3.05, 3.63) is 65.8 Å². The molecule has 0 aliphatic heterocycles. The van der Waals surface area contributed by atoms with Crippen molar-refractivity contribution in [1.82, 2.24) is 30.6 Å². The molecular weight excluding hydrogens is 533 g/mol. The van der Waals surface area contributed by atoms with Gasteiger partial charge in [-0.15, -0.1) is 0 Å². The van der Waals surface area contributed by atoms with Crippen LogP contribution < -0.4 is 10.6 Å². The van der Waals surface area contributed by atoms with Crippen LogP contribution in [0.1, 0.15) is 32.6 Å². The highest BCUT2D eigenvalue weighted by Gasteiger charge is 2.25. The molecule has 0 aliphatic carbocycles. The number of nitro groups is 1. The smallest absolute Gasteiger partial charge is 0.358 e. The molecular formula is C17H14BrCl2N7O5. The molecule has 0 spiro atoms. The number of hydrogen-bond acceptors (Lipinski definition) is 8. The molecule has 0 saturated heterocycles. The first-order chi connectivity index (χ1) is 15.2. The summed E-state index contributed by atoms with van der Waals surface area (Å²) in [4.78, 5) is 38.6. The van der Waals surface area contributed by atoms with Gasteiger partial charge in [0.2, 0.25) is 0 Å². The van der Waals surface area contributed by atoms with E-state index < -0.39 is 16.7 Å². The Hall–Kier alpha value is -3.03. The Kier molecular flexibility index (Phi) is 7.43. The number of halogens is 3. The van der Waals surface area contributed by atoms with Gasteiger partial charge in [0.15, 0.2) is 5.82 Å². The SMILES string of the molecule is Cc1c(Br)c([N+](=O)[O-])nn1Cc1noc(C(=O)NCCNC(=O)c2cc(Cl)ccc2Cl)n1. The molecule has 0 bridgehead atoms. The zero-order chi connectivity index (χ0) is 23.4. The average Bonchev–Trinajstić information content (AvgIpc) is 3.33. The van der Waals surface area contributed by atoms with Gasteiger partial charge in [0.25, 0.3) is 5.91 Å². The molecule has 12 nitrogen and oxygen atoms in total. The zero-order valence-corrected chi connectivity index (χ0v) is 19.4. The molecule has 2 heterocycles. The van der Waals surface area contributed by atoms with E-state index in [0.717, 1.165) is 0 Å². The van der Waals surface area contributed by atoms with Gasteiger partial charge in [-0.2, -0.15) is 9.67 Å². The Bertz CT molecular complexity index is 1200. The minimum Gasteiger partial charge on any atom is -0.358 e. The van der Waals surface area contributed by atoms with Gasteiger partial charge in [-0.25, -0.2) is 0 Å². The van der Waals surface area contributed by atoms with Crippen LogP contribution in [0.15, 0.2) is 27.2 Å². The molecule has 2 aromatic heterocycles. The third-order valence-electron chi connectivity index (χ3n) is 4.11. The maximum atomic E-state index is 12.2. The molecule has 0 aliphatic rings. The Labute approximate surface area is 198 Å². The lowest BCUT2D eigenvalue weighted by molar-refractivity contribution is -0.390. The summed E-state index contributed by atoms with van der Waals surface area (Å²) in [6, 6.07) is 4.51.